The minimum absolute atomic E-state index is 0.238. The SMILES string of the molecule is NNC(C1=CCCCC1)c1ccsc1. The molecule has 0 saturated heterocycles. The van der Waals surface area contributed by atoms with Crippen molar-refractivity contribution >= 4 is 11.3 Å². The standard InChI is InChI=1S/C11H16N2S/c12-13-11(10-6-7-14-8-10)9-4-2-1-3-5-9/h4,6-8,11,13H,1-3,5,12H2. The van der Waals surface area contributed by atoms with Crippen LogP contribution in [0.25, 0.3) is 0 Å². The van der Waals surface area contributed by atoms with E-state index < -0.39 is 0 Å². The summed E-state index contributed by atoms with van der Waals surface area (Å²) in [5.41, 5.74) is 5.67. The second-order valence-electron chi connectivity index (χ2n) is 3.68. The van der Waals surface area contributed by atoms with Crippen molar-refractivity contribution in [3.63, 3.8) is 0 Å². The normalized spacial score (nSPS) is 19.1. The lowest BCUT2D eigenvalue weighted by Gasteiger charge is -2.21. The van der Waals surface area contributed by atoms with Crippen LogP contribution in [0.2, 0.25) is 0 Å². The Hall–Kier alpha value is -0.640. The van der Waals surface area contributed by atoms with Gasteiger partial charge in [0.1, 0.15) is 0 Å². The van der Waals surface area contributed by atoms with Crippen LogP contribution in [0.15, 0.2) is 28.5 Å². The molecule has 1 atom stereocenters. The number of nitrogens with two attached hydrogens (primary N) is 1. The topological polar surface area (TPSA) is 38.0 Å². The van der Waals surface area contributed by atoms with Gasteiger partial charge in [0.15, 0.2) is 0 Å². The maximum atomic E-state index is 5.61. The van der Waals surface area contributed by atoms with Crippen LogP contribution in [0, 0.1) is 0 Å². The molecule has 0 spiro atoms. The predicted molar refractivity (Wildman–Crippen MR) is 60.9 cm³/mol. The van der Waals surface area contributed by atoms with Gasteiger partial charge < -0.3 is 0 Å². The van der Waals surface area contributed by atoms with Gasteiger partial charge in [0, 0.05) is 0 Å². The van der Waals surface area contributed by atoms with E-state index in [9.17, 15) is 0 Å². The van der Waals surface area contributed by atoms with Crippen molar-refractivity contribution < 1.29 is 0 Å². The van der Waals surface area contributed by atoms with Crippen molar-refractivity contribution in [1.29, 1.82) is 0 Å². The molecule has 1 aliphatic rings. The third-order valence-corrected chi connectivity index (χ3v) is 3.44. The van der Waals surface area contributed by atoms with Gasteiger partial charge in [-0.05, 0) is 48.1 Å². The van der Waals surface area contributed by atoms with E-state index in [0.717, 1.165) is 0 Å². The van der Waals surface area contributed by atoms with Crippen molar-refractivity contribution in [2.75, 3.05) is 0 Å². The number of hydrogen-bond donors (Lipinski definition) is 2. The summed E-state index contributed by atoms with van der Waals surface area (Å²) in [6, 6.07) is 2.38. The van der Waals surface area contributed by atoms with Crippen molar-refractivity contribution in [3.8, 4) is 0 Å². The summed E-state index contributed by atoms with van der Waals surface area (Å²) in [6.07, 6.45) is 7.35. The van der Waals surface area contributed by atoms with Gasteiger partial charge in [0.25, 0.3) is 0 Å². The molecule has 0 fully saturated rings. The zero-order valence-corrected chi connectivity index (χ0v) is 9.02. The molecule has 0 saturated carbocycles. The lowest BCUT2D eigenvalue weighted by Crippen LogP contribution is -2.29. The van der Waals surface area contributed by atoms with Crippen LogP contribution in [-0.2, 0) is 0 Å². The van der Waals surface area contributed by atoms with Crippen molar-refractivity contribution in [3.05, 3.63) is 34.0 Å². The Morgan fingerprint density at radius 3 is 2.93 bits per heavy atom. The molecule has 2 nitrogen and oxygen atoms in total. The Morgan fingerprint density at radius 2 is 2.36 bits per heavy atom. The van der Waals surface area contributed by atoms with Crippen molar-refractivity contribution in [1.82, 2.24) is 5.43 Å². The third-order valence-electron chi connectivity index (χ3n) is 2.74. The first-order valence-corrected chi connectivity index (χ1v) is 6.03. The molecule has 14 heavy (non-hydrogen) atoms. The number of nitrogens with one attached hydrogen (secondary N) is 1. The van der Waals surface area contributed by atoms with E-state index in [1.54, 1.807) is 11.3 Å². The van der Waals surface area contributed by atoms with E-state index in [1.165, 1.54) is 36.8 Å². The van der Waals surface area contributed by atoms with Crippen LogP contribution in [0.4, 0.5) is 0 Å². The molecular formula is C11H16N2S. The van der Waals surface area contributed by atoms with Crippen LogP contribution >= 0.6 is 11.3 Å². The van der Waals surface area contributed by atoms with Gasteiger partial charge in [-0.25, -0.2) is 5.43 Å². The number of hydrogen-bond acceptors (Lipinski definition) is 3. The molecular weight excluding hydrogens is 192 g/mol. The summed E-state index contributed by atoms with van der Waals surface area (Å²) in [4.78, 5) is 0. The fourth-order valence-electron chi connectivity index (χ4n) is 1.98. The predicted octanol–water partition coefficient (Wildman–Crippen LogP) is 2.75. The summed E-state index contributed by atoms with van der Waals surface area (Å²) in [5.74, 6) is 5.61. The number of rotatable bonds is 3. The minimum Gasteiger partial charge on any atom is -0.271 e. The summed E-state index contributed by atoms with van der Waals surface area (Å²) < 4.78 is 0. The highest BCUT2D eigenvalue weighted by atomic mass is 32.1. The zero-order valence-electron chi connectivity index (χ0n) is 8.20. The largest absolute Gasteiger partial charge is 0.271 e. The van der Waals surface area contributed by atoms with Gasteiger partial charge in [-0.2, -0.15) is 11.3 Å². The molecule has 3 heteroatoms. The van der Waals surface area contributed by atoms with E-state index in [1.807, 2.05) is 0 Å². The Kier molecular flexibility index (Phi) is 3.35. The van der Waals surface area contributed by atoms with Crippen molar-refractivity contribution in [2.45, 2.75) is 31.7 Å². The van der Waals surface area contributed by atoms with Crippen molar-refractivity contribution in [2.24, 2.45) is 5.84 Å². The van der Waals surface area contributed by atoms with Gasteiger partial charge in [0.05, 0.1) is 6.04 Å². The summed E-state index contributed by atoms with van der Waals surface area (Å²) in [5, 5.41) is 4.27. The first-order chi connectivity index (χ1) is 6.92. The number of hydrazine groups is 1. The average Bonchev–Trinajstić information content (AvgIpc) is 2.74. The Balaban J connectivity index is 2.16. The van der Waals surface area contributed by atoms with Crippen LogP contribution in [-0.4, -0.2) is 0 Å². The number of allylic oxidation sites excluding steroid dienone is 1. The van der Waals surface area contributed by atoms with E-state index in [2.05, 4.69) is 28.3 Å². The minimum atomic E-state index is 0.238. The smallest absolute Gasteiger partial charge is 0.0678 e. The Morgan fingerprint density at radius 1 is 1.43 bits per heavy atom. The summed E-state index contributed by atoms with van der Waals surface area (Å²) in [6.45, 7) is 0. The van der Waals surface area contributed by atoms with E-state index in [0.29, 0.717) is 0 Å². The molecule has 1 heterocycles. The highest BCUT2D eigenvalue weighted by Crippen LogP contribution is 2.30. The first kappa shape index (κ1) is 9.90. The van der Waals surface area contributed by atoms with Gasteiger partial charge in [-0.1, -0.05) is 11.6 Å². The van der Waals surface area contributed by atoms with Crippen LogP contribution in [0.3, 0.4) is 0 Å². The molecule has 76 valence electrons. The van der Waals surface area contributed by atoms with Crippen LogP contribution < -0.4 is 11.3 Å². The molecule has 1 unspecified atom stereocenters. The van der Waals surface area contributed by atoms with Crippen LogP contribution in [0.1, 0.15) is 37.3 Å². The molecule has 0 aromatic carbocycles. The first-order valence-electron chi connectivity index (χ1n) is 5.09. The molecule has 0 bridgehead atoms. The fourth-order valence-corrected chi connectivity index (χ4v) is 2.67. The second kappa shape index (κ2) is 4.73. The average molecular weight is 208 g/mol. The van der Waals surface area contributed by atoms with E-state index in [-0.39, 0.29) is 6.04 Å². The van der Waals surface area contributed by atoms with Gasteiger partial charge in [-0.15, -0.1) is 0 Å². The molecule has 0 radical (unpaired) electrons. The monoisotopic (exact) mass is 208 g/mol. The molecule has 1 aromatic rings. The molecule has 0 aliphatic heterocycles. The summed E-state index contributed by atoms with van der Waals surface area (Å²) in [7, 11) is 0. The molecule has 2 rings (SSSR count). The Bertz CT molecular complexity index is 303. The van der Waals surface area contributed by atoms with Gasteiger partial charge >= 0.3 is 0 Å². The van der Waals surface area contributed by atoms with E-state index >= 15 is 0 Å². The maximum Gasteiger partial charge on any atom is 0.0678 e. The summed E-state index contributed by atoms with van der Waals surface area (Å²) >= 11 is 1.72. The molecule has 1 aromatic heterocycles. The van der Waals surface area contributed by atoms with Crippen LogP contribution in [0.5, 0.6) is 0 Å². The van der Waals surface area contributed by atoms with Gasteiger partial charge in [0.2, 0.25) is 0 Å². The zero-order chi connectivity index (χ0) is 9.80. The Labute approximate surface area is 88.8 Å². The third kappa shape index (κ3) is 2.05. The van der Waals surface area contributed by atoms with E-state index in [4.69, 9.17) is 5.84 Å². The lowest BCUT2D eigenvalue weighted by molar-refractivity contribution is 0.567. The molecule has 3 N–H and O–H groups in total. The fraction of sp³-hybridized carbons (Fsp3) is 0.455. The maximum absolute atomic E-state index is 5.61. The lowest BCUT2D eigenvalue weighted by atomic mass is 9.91. The second-order valence-corrected chi connectivity index (χ2v) is 4.46. The van der Waals surface area contributed by atoms with Gasteiger partial charge in [-0.3, -0.25) is 5.84 Å². The molecule has 0 amide bonds. The highest BCUT2D eigenvalue weighted by molar-refractivity contribution is 7.08. The highest BCUT2D eigenvalue weighted by Gasteiger charge is 2.16. The molecule has 1 aliphatic carbocycles. The number of thiophene rings is 1. The quantitative estimate of drug-likeness (QED) is 0.455.